The van der Waals surface area contributed by atoms with Crippen molar-refractivity contribution in [2.24, 2.45) is 0 Å². The van der Waals surface area contributed by atoms with Crippen molar-refractivity contribution in [3.05, 3.63) is 65.5 Å². The Hall–Kier alpha value is -3.89. The second-order valence-electron chi connectivity index (χ2n) is 8.28. The van der Waals surface area contributed by atoms with E-state index >= 15 is 0 Å². The first-order chi connectivity index (χ1) is 16.7. The zero-order valence-corrected chi connectivity index (χ0v) is 18.8. The number of carbonyl (C=O) groups is 2. The van der Waals surface area contributed by atoms with Crippen LogP contribution in [0.1, 0.15) is 60.3 Å². The molecule has 0 spiro atoms. The number of amides is 1. The standard InChI is InChI=1S/C24H23F3N4O4/c1-14(32)34-20-11-7-16(8-12-20)15-5-9-18(10-6-15)28-21(33)22-30-31-23(35-22)29-19-4-2-3-17(13-19)24(25,26)27/h2-6,9-10,13,16,20H,7-8,11-12H2,1H3,(H,28,33)(H,29,31). The number of hydrogen-bond donors (Lipinski definition) is 2. The molecule has 0 bridgehead atoms. The topological polar surface area (TPSA) is 106 Å². The van der Waals surface area contributed by atoms with Gasteiger partial charge < -0.3 is 19.8 Å². The second-order valence-corrected chi connectivity index (χ2v) is 8.28. The Bertz CT molecular complexity index is 1190. The van der Waals surface area contributed by atoms with Gasteiger partial charge in [0.25, 0.3) is 0 Å². The van der Waals surface area contributed by atoms with E-state index in [1.807, 2.05) is 12.1 Å². The van der Waals surface area contributed by atoms with E-state index in [2.05, 4.69) is 20.8 Å². The molecule has 0 radical (unpaired) electrons. The van der Waals surface area contributed by atoms with Gasteiger partial charge in [-0.15, -0.1) is 5.10 Å². The van der Waals surface area contributed by atoms with Crippen LogP contribution in [0, 0.1) is 0 Å². The molecule has 0 aliphatic heterocycles. The summed E-state index contributed by atoms with van der Waals surface area (Å²) in [4.78, 5) is 23.6. The first kappa shape index (κ1) is 24.2. The van der Waals surface area contributed by atoms with Gasteiger partial charge in [0.2, 0.25) is 0 Å². The van der Waals surface area contributed by atoms with Crippen molar-refractivity contribution < 1.29 is 31.9 Å². The van der Waals surface area contributed by atoms with Crippen LogP contribution in [-0.4, -0.2) is 28.2 Å². The predicted molar refractivity (Wildman–Crippen MR) is 120 cm³/mol. The average molecular weight is 488 g/mol. The van der Waals surface area contributed by atoms with Gasteiger partial charge in [0.15, 0.2) is 0 Å². The summed E-state index contributed by atoms with van der Waals surface area (Å²) < 4.78 is 49.1. The highest BCUT2D eigenvalue weighted by molar-refractivity contribution is 6.00. The van der Waals surface area contributed by atoms with Gasteiger partial charge >= 0.3 is 30.0 Å². The van der Waals surface area contributed by atoms with Crippen LogP contribution < -0.4 is 10.6 Å². The summed E-state index contributed by atoms with van der Waals surface area (Å²) in [6.07, 6.45) is -1.06. The molecule has 1 heterocycles. The van der Waals surface area contributed by atoms with Crippen LogP contribution in [0.5, 0.6) is 0 Å². The fourth-order valence-corrected chi connectivity index (χ4v) is 4.03. The number of nitrogens with one attached hydrogen (secondary N) is 2. The quantitative estimate of drug-likeness (QED) is 0.430. The van der Waals surface area contributed by atoms with Crippen molar-refractivity contribution in [2.75, 3.05) is 10.6 Å². The zero-order chi connectivity index (χ0) is 25.0. The Balaban J connectivity index is 1.32. The summed E-state index contributed by atoms with van der Waals surface area (Å²) in [6.45, 7) is 1.42. The molecule has 2 aromatic carbocycles. The lowest BCUT2D eigenvalue weighted by Gasteiger charge is -2.28. The van der Waals surface area contributed by atoms with Crippen LogP contribution in [0.2, 0.25) is 0 Å². The van der Waals surface area contributed by atoms with Crippen molar-refractivity contribution >= 4 is 29.3 Å². The van der Waals surface area contributed by atoms with Crippen LogP contribution in [0.4, 0.5) is 30.6 Å². The SMILES string of the molecule is CC(=O)OC1CCC(c2ccc(NC(=O)c3nnc(Nc4cccc(C(F)(F)F)c4)o3)cc2)CC1. The fourth-order valence-electron chi connectivity index (χ4n) is 4.03. The second kappa shape index (κ2) is 10.2. The van der Waals surface area contributed by atoms with Crippen LogP contribution in [0.25, 0.3) is 0 Å². The number of rotatable bonds is 6. The summed E-state index contributed by atoms with van der Waals surface area (Å²) in [5, 5.41) is 12.5. The summed E-state index contributed by atoms with van der Waals surface area (Å²) in [5.41, 5.74) is 0.918. The molecule has 11 heteroatoms. The van der Waals surface area contributed by atoms with E-state index in [4.69, 9.17) is 9.15 Å². The summed E-state index contributed by atoms with van der Waals surface area (Å²) in [6, 6.07) is 11.7. The van der Waals surface area contributed by atoms with Crippen molar-refractivity contribution in [1.29, 1.82) is 0 Å². The molecule has 1 aliphatic carbocycles. The minimum absolute atomic E-state index is 0.0234. The number of nitrogens with zero attached hydrogens (tertiary/aromatic N) is 2. The molecule has 1 amide bonds. The lowest BCUT2D eigenvalue weighted by atomic mass is 9.82. The molecule has 184 valence electrons. The monoisotopic (exact) mass is 488 g/mol. The zero-order valence-electron chi connectivity index (χ0n) is 18.8. The molecule has 2 N–H and O–H groups in total. The number of alkyl halides is 3. The molecular formula is C24H23F3N4O4. The molecule has 1 fully saturated rings. The molecule has 1 aliphatic rings. The molecule has 4 rings (SSSR count). The van der Waals surface area contributed by atoms with Crippen LogP contribution in [0.3, 0.4) is 0 Å². The number of aromatic nitrogens is 2. The first-order valence-corrected chi connectivity index (χ1v) is 11.0. The number of benzene rings is 2. The van der Waals surface area contributed by atoms with Gasteiger partial charge in [-0.3, -0.25) is 9.59 Å². The van der Waals surface area contributed by atoms with Gasteiger partial charge in [-0.1, -0.05) is 23.3 Å². The normalized spacial score (nSPS) is 18.1. The number of halogens is 3. The van der Waals surface area contributed by atoms with Crippen molar-refractivity contribution in [3.63, 3.8) is 0 Å². The van der Waals surface area contributed by atoms with Crippen LogP contribution >= 0.6 is 0 Å². The lowest BCUT2D eigenvalue weighted by Crippen LogP contribution is -2.22. The highest BCUT2D eigenvalue weighted by atomic mass is 19.4. The minimum Gasteiger partial charge on any atom is -0.463 e. The number of carbonyl (C=O) groups excluding carboxylic acids is 2. The molecule has 0 atom stereocenters. The molecule has 3 aromatic rings. The van der Waals surface area contributed by atoms with Gasteiger partial charge in [0.05, 0.1) is 5.56 Å². The van der Waals surface area contributed by atoms with Crippen molar-refractivity contribution in [3.8, 4) is 0 Å². The third-order valence-electron chi connectivity index (χ3n) is 5.71. The van der Waals surface area contributed by atoms with Gasteiger partial charge in [-0.2, -0.15) is 13.2 Å². The van der Waals surface area contributed by atoms with Gasteiger partial charge in [-0.25, -0.2) is 0 Å². The van der Waals surface area contributed by atoms with E-state index < -0.39 is 17.6 Å². The third-order valence-corrected chi connectivity index (χ3v) is 5.71. The number of anilines is 3. The maximum Gasteiger partial charge on any atom is 0.416 e. The number of esters is 1. The van der Waals surface area contributed by atoms with E-state index in [0.29, 0.717) is 11.6 Å². The smallest absolute Gasteiger partial charge is 0.416 e. The van der Waals surface area contributed by atoms with E-state index in [9.17, 15) is 22.8 Å². The molecule has 8 nitrogen and oxygen atoms in total. The molecule has 1 aromatic heterocycles. The van der Waals surface area contributed by atoms with Crippen LogP contribution in [0.15, 0.2) is 52.9 Å². The molecule has 0 saturated heterocycles. The first-order valence-electron chi connectivity index (χ1n) is 11.0. The Kier molecular flexibility index (Phi) is 7.04. The van der Waals surface area contributed by atoms with E-state index in [-0.39, 0.29) is 29.7 Å². The van der Waals surface area contributed by atoms with Crippen molar-refractivity contribution in [1.82, 2.24) is 10.2 Å². The Morgan fingerprint density at radius 2 is 1.71 bits per heavy atom. The highest BCUT2D eigenvalue weighted by Crippen LogP contribution is 2.35. The fraction of sp³-hybridized carbons (Fsp3) is 0.333. The summed E-state index contributed by atoms with van der Waals surface area (Å²) >= 11 is 0. The van der Waals surface area contributed by atoms with Crippen molar-refractivity contribution in [2.45, 2.75) is 50.8 Å². The van der Waals surface area contributed by atoms with Gasteiger partial charge in [0.1, 0.15) is 6.10 Å². The average Bonchev–Trinajstić information content (AvgIpc) is 3.28. The van der Waals surface area contributed by atoms with Gasteiger partial charge in [-0.05, 0) is 67.5 Å². The molecule has 35 heavy (non-hydrogen) atoms. The molecule has 1 saturated carbocycles. The maximum atomic E-state index is 12.9. The number of ether oxygens (including phenoxy) is 1. The third kappa shape index (κ3) is 6.37. The highest BCUT2D eigenvalue weighted by Gasteiger charge is 2.30. The Morgan fingerprint density at radius 1 is 1.00 bits per heavy atom. The Morgan fingerprint density at radius 3 is 2.37 bits per heavy atom. The summed E-state index contributed by atoms with van der Waals surface area (Å²) in [7, 11) is 0. The van der Waals surface area contributed by atoms with Crippen LogP contribution in [-0.2, 0) is 15.7 Å². The predicted octanol–water partition coefficient (Wildman–Crippen LogP) is 5.67. The lowest BCUT2D eigenvalue weighted by molar-refractivity contribution is -0.147. The largest absolute Gasteiger partial charge is 0.463 e. The van der Waals surface area contributed by atoms with E-state index in [0.717, 1.165) is 43.4 Å². The Labute approximate surface area is 198 Å². The van der Waals surface area contributed by atoms with E-state index in [1.165, 1.54) is 19.1 Å². The molecule has 0 unspecified atom stereocenters. The number of hydrogen-bond acceptors (Lipinski definition) is 7. The molecular weight excluding hydrogens is 465 g/mol. The van der Waals surface area contributed by atoms with Gasteiger partial charge in [0, 0.05) is 18.3 Å². The van der Waals surface area contributed by atoms with E-state index in [1.54, 1.807) is 12.1 Å². The maximum absolute atomic E-state index is 12.9. The summed E-state index contributed by atoms with van der Waals surface area (Å²) in [5.74, 6) is -0.892. The minimum atomic E-state index is -4.49.